The summed E-state index contributed by atoms with van der Waals surface area (Å²) in [6.45, 7) is 3.60. The Labute approximate surface area is 104 Å². The van der Waals surface area contributed by atoms with E-state index < -0.39 is 0 Å². The summed E-state index contributed by atoms with van der Waals surface area (Å²) < 4.78 is 10.7. The van der Waals surface area contributed by atoms with Gasteiger partial charge in [0, 0.05) is 12.5 Å². The number of aromatic nitrogens is 2. The summed E-state index contributed by atoms with van der Waals surface area (Å²) in [5.74, 6) is 1.97. The van der Waals surface area contributed by atoms with Crippen molar-refractivity contribution in [3.8, 4) is 0 Å². The molecule has 17 heavy (non-hydrogen) atoms. The third kappa shape index (κ3) is 2.12. The van der Waals surface area contributed by atoms with Gasteiger partial charge in [-0.3, -0.25) is 0 Å². The Hall–Kier alpha value is -1.20. The monoisotopic (exact) mass is 250 g/mol. The van der Waals surface area contributed by atoms with E-state index in [1.165, 1.54) is 5.56 Å². The van der Waals surface area contributed by atoms with E-state index >= 15 is 0 Å². The number of hydrogen-bond acceptors (Lipinski definition) is 5. The highest BCUT2D eigenvalue weighted by Gasteiger charge is 2.25. The third-order valence-corrected chi connectivity index (χ3v) is 3.87. The SMILES string of the molecule is C[C@@H](c1ccsc1)c1nc([C@@H]2CCOC2)no1. The molecule has 1 fully saturated rings. The van der Waals surface area contributed by atoms with Crippen molar-refractivity contribution < 1.29 is 9.26 Å². The van der Waals surface area contributed by atoms with Gasteiger partial charge < -0.3 is 9.26 Å². The molecule has 1 saturated heterocycles. The second-order valence-electron chi connectivity index (χ2n) is 4.33. The van der Waals surface area contributed by atoms with Gasteiger partial charge in [0.25, 0.3) is 0 Å². The van der Waals surface area contributed by atoms with Crippen LogP contribution in [0, 0.1) is 0 Å². The largest absolute Gasteiger partial charge is 0.381 e. The number of nitrogens with zero attached hydrogens (tertiary/aromatic N) is 2. The van der Waals surface area contributed by atoms with Crippen LogP contribution in [0.4, 0.5) is 0 Å². The quantitative estimate of drug-likeness (QED) is 0.840. The Bertz CT molecular complexity index is 474. The van der Waals surface area contributed by atoms with E-state index in [4.69, 9.17) is 9.26 Å². The second-order valence-corrected chi connectivity index (χ2v) is 5.11. The standard InChI is InChI=1S/C12H14N2O2S/c1-8(10-3-5-17-7-10)12-13-11(14-16-12)9-2-4-15-6-9/h3,5,7-9H,2,4,6H2,1H3/t8-,9+/m0/s1. The topological polar surface area (TPSA) is 48.2 Å². The minimum Gasteiger partial charge on any atom is -0.381 e. The molecule has 1 aliphatic heterocycles. The van der Waals surface area contributed by atoms with E-state index in [2.05, 4.69) is 33.9 Å². The van der Waals surface area contributed by atoms with Gasteiger partial charge >= 0.3 is 0 Å². The van der Waals surface area contributed by atoms with Crippen LogP contribution in [0.1, 0.15) is 42.5 Å². The summed E-state index contributed by atoms with van der Waals surface area (Å²) in [6.07, 6.45) is 0.992. The second kappa shape index (κ2) is 4.58. The highest BCUT2D eigenvalue weighted by molar-refractivity contribution is 7.07. The van der Waals surface area contributed by atoms with Crippen LogP contribution in [-0.2, 0) is 4.74 Å². The van der Waals surface area contributed by atoms with E-state index in [1.807, 2.05) is 0 Å². The first-order chi connectivity index (χ1) is 8.34. The Morgan fingerprint density at radius 2 is 2.47 bits per heavy atom. The number of rotatable bonds is 3. The molecule has 0 unspecified atom stereocenters. The molecule has 2 atom stereocenters. The molecule has 90 valence electrons. The molecule has 0 N–H and O–H groups in total. The van der Waals surface area contributed by atoms with Crippen LogP contribution in [0.25, 0.3) is 0 Å². The fourth-order valence-corrected chi connectivity index (χ4v) is 2.75. The van der Waals surface area contributed by atoms with Crippen molar-refractivity contribution >= 4 is 11.3 Å². The first-order valence-electron chi connectivity index (χ1n) is 5.78. The van der Waals surface area contributed by atoms with Gasteiger partial charge in [0.2, 0.25) is 5.89 Å². The van der Waals surface area contributed by atoms with Crippen molar-refractivity contribution in [2.75, 3.05) is 13.2 Å². The van der Waals surface area contributed by atoms with Crippen LogP contribution >= 0.6 is 11.3 Å². The molecule has 3 heterocycles. The zero-order chi connectivity index (χ0) is 11.7. The van der Waals surface area contributed by atoms with E-state index in [0.717, 1.165) is 18.9 Å². The normalized spacial score (nSPS) is 21.8. The lowest BCUT2D eigenvalue weighted by atomic mass is 10.1. The molecule has 0 amide bonds. The molecule has 2 aromatic heterocycles. The molecular formula is C12H14N2O2S. The van der Waals surface area contributed by atoms with Gasteiger partial charge in [0.15, 0.2) is 5.82 Å². The lowest BCUT2D eigenvalue weighted by Crippen LogP contribution is -2.01. The van der Waals surface area contributed by atoms with Gasteiger partial charge in [-0.1, -0.05) is 5.16 Å². The fraction of sp³-hybridized carbons (Fsp3) is 0.500. The number of hydrogen-bond donors (Lipinski definition) is 0. The predicted molar refractivity (Wildman–Crippen MR) is 64.3 cm³/mol. The van der Waals surface area contributed by atoms with E-state index in [1.54, 1.807) is 11.3 Å². The summed E-state index contributed by atoms with van der Waals surface area (Å²) >= 11 is 1.68. The van der Waals surface area contributed by atoms with E-state index in [-0.39, 0.29) is 5.92 Å². The molecule has 0 saturated carbocycles. The summed E-state index contributed by atoms with van der Waals surface area (Å²) in [6, 6.07) is 2.10. The van der Waals surface area contributed by atoms with Crippen molar-refractivity contribution in [1.82, 2.24) is 10.1 Å². The first-order valence-corrected chi connectivity index (χ1v) is 6.72. The Balaban J connectivity index is 1.80. The maximum Gasteiger partial charge on any atom is 0.233 e. The molecule has 0 spiro atoms. The Morgan fingerprint density at radius 1 is 1.53 bits per heavy atom. The van der Waals surface area contributed by atoms with Crippen LogP contribution < -0.4 is 0 Å². The van der Waals surface area contributed by atoms with Crippen LogP contribution in [0.5, 0.6) is 0 Å². The molecule has 0 aromatic carbocycles. The molecular weight excluding hydrogens is 236 g/mol. The minimum atomic E-state index is 0.171. The average molecular weight is 250 g/mol. The molecule has 2 aromatic rings. The van der Waals surface area contributed by atoms with E-state index in [9.17, 15) is 0 Å². The van der Waals surface area contributed by atoms with Crippen LogP contribution in [0.3, 0.4) is 0 Å². The predicted octanol–water partition coefficient (Wildman–Crippen LogP) is 2.79. The van der Waals surface area contributed by atoms with Gasteiger partial charge in [-0.2, -0.15) is 16.3 Å². The lowest BCUT2D eigenvalue weighted by Gasteiger charge is -2.02. The van der Waals surface area contributed by atoms with Crippen molar-refractivity contribution in [1.29, 1.82) is 0 Å². The minimum absolute atomic E-state index is 0.171. The van der Waals surface area contributed by atoms with Crippen LogP contribution in [0.2, 0.25) is 0 Å². The molecule has 0 bridgehead atoms. The molecule has 4 nitrogen and oxygen atoms in total. The van der Waals surface area contributed by atoms with Gasteiger partial charge in [-0.15, -0.1) is 0 Å². The molecule has 3 rings (SSSR count). The Morgan fingerprint density at radius 3 is 3.18 bits per heavy atom. The smallest absolute Gasteiger partial charge is 0.233 e. The summed E-state index contributed by atoms with van der Waals surface area (Å²) in [5, 5.41) is 8.25. The summed E-state index contributed by atoms with van der Waals surface area (Å²) in [7, 11) is 0. The van der Waals surface area contributed by atoms with Crippen molar-refractivity contribution in [2.45, 2.75) is 25.2 Å². The first kappa shape index (κ1) is 10.9. The molecule has 0 aliphatic carbocycles. The van der Waals surface area contributed by atoms with Gasteiger partial charge in [0.1, 0.15) is 0 Å². The third-order valence-electron chi connectivity index (χ3n) is 3.17. The van der Waals surface area contributed by atoms with Crippen molar-refractivity contribution in [3.05, 3.63) is 34.1 Å². The highest BCUT2D eigenvalue weighted by atomic mass is 32.1. The zero-order valence-electron chi connectivity index (χ0n) is 9.63. The molecule has 5 heteroatoms. The van der Waals surface area contributed by atoms with Crippen molar-refractivity contribution in [2.24, 2.45) is 0 Å². The Kier molecular flexibility index (Phi) is 2.94. The van der Waals surface area contributed by atoms with Crippen LogP contribution in [-0.4, -0.2) is 23.4 Å². The van der Waals surface area contributed by atoms with Crippen LogP contribution in [0.15, 0.2) is 21.3 Å². The average Bonchev–Trinajstić information content (AvgIpc) is 3.09. The summed E-state index contributed by atoms with van der Waals surface area (Å²) in [4.78, 5) is 4.50. The maximum absolute atomic E-state index is 5.35. The zero-order valence-corrected chi connectivity index (χ0v) is 10.4. The maximum atomic E-state index is 5.35. The van der Waals surface area contributed by atoms with Gasteiger partial charge in [0.05, 0.1) is 12.5 Å². The van der Waals surface area contributed by atoms with Gasteiger partial charge in [-0.05, 0) is 35.7 Å². The summed E-state index contributed by atoms with van der Waals surface area (Å²) in [5.41, 5.74) is 1.23. The molecule has 1 aliphatic rings. The molecule has 0 radical (unpaired) electrons. The van der Waals surface area contributed by atoms with E-state index in [0.29, 0.717) is 18.4 Å². The number of ether oxygens (including phenoxy) is 1. The fourth-order valence-electron chi connectivity index (χ4n) is 1.99. The lowest BCUT2D eigenvalue weighted by molar-refractivity contribution is 0.192. The van der Waals surface area contributed by atoms with Gasteiger partial charge in [-0.25, -0.2) is 0 Å². The highest BCUT2D eigenvalue weighted by Crippen LogP contribution is 2.27. The van der Waals surface area contributed by atoms with Crippen molar-refractivity contribution in [3.63, 3.8) is 0 Å². The number of thiophene rings is 1.